The molecule has 1 atom stereocenters. The SMILES string of the molecule is NNC(c1cnns1)c1ccccc1C1CCC1. The second-order valence-electron chi connectivity index (χ2n) is 4.68. The summed E-state index contributed by atoms with van der Waals surface area (Å²) in [5, 5.41) is 3.90. The zero-order valence-electron chi connectivity index (χ0n) is 10.0. The van der Waals surface area contributed by atoms with Gasteiger partial charge in [0.1, 0.15) is 0 Å². The molecular weight excluding hydrogens is 244 g/mol. The average molecular weight is 260 g/mol. The van der Waals surface area contributed by atoms with Gasteiger partial charge in [-0.2, -0.15) is 0 Å². The molecule has 0 bridgehead atoms. The fourth-order valence-corrected chi connectivity index (χ4v) is 3.08. The molecule has 5 heteroatoms. The minimum atomic E-state index is 0.00167. The molecule has 1 heterocycles. The van der Waals surface area contributed by atoms with E-state index in [1.165, 1.54) is 41.9 Å². The molecule has 1 aliphatic rings. The molecule has 18 heavy (non-hydrogen) atoms. The summed E-state index contributed by atoms with van der Waals surface area (Å²) in [7, 11) is 0. The van der Waals surface area contributed by atoms with Crippen molar-refractivity contribution in [3.05, 3.63) is 46.5 Å². The summed E-state index contributed by atoms with van der Waals surface area (Å²) in [5.41, 5.74) is 5.57. The van der Waals surface area contributed by atoms with Crippen molar-refractivity contribution < 1.29 is 0 Å². The Bertz CT molecular complexity index is 507. The fraction of sp³-hybridized carbons (Fsp3) is 0.385. The molecule has 3 N–H and O–H groups in total. The first-order valence-electron chi connectivity index (χ1n) is 6.22. The van der Waals surface area contributed by atoms with Crippen LogP contribution in [0.5, 0.6) is 0 Å². The standard InChI is InChI=1S/C13H16N4S/c14-16-13(12-8-15-17-18-12)11-7-2-1-6-10(11)9-4-3-5-9/h1-2,6-9,13,16H,3-5,14H2. The third-order valence-electron chi connectivity index (χ3n) is 3.68. The van der Waals surface area contributed by atoms with Crippen molar-refractivity contribution in [3.63, 3.8) is 0 Å². The van der Waals surface area contributed by atoms with E-state index < -0.39 is 0 Å². The molecule has 3 rings (SSSR count). The number of nitrogens with one attached hydrogen (secondary N) is 1. The van der Waals surface area contributed by atoms with Crippen molar-refractivity contribution in [2.24, 2.45) is 5.84 Å². The molecule has 2 aromatic rings. The van der Waals surface area contributed by atoms with Crippen LogP contribution in [0.2, 0.25) is 0 Å². The Kier molecular flexibility index (Phi) is 3.36. The van der Waals surface area contributed by atoms with Gasteiger partial charge in [-0.05, 0) is 41.4 Å². The first-order valence-corrected chi connectivity index (χ1v) is 6.99. The van der Waals surface area contributed by atoms with Crippen LogP contribution in [-0.4, -0.2) is 9.59 Å². The van der Waals surface area contributed by atoms with Gasteiger partial charge in [0.15, 0.2) is 0 Å². The molecule has 0 radical (unpaired) electrons. The predicted octanol–water partition coefficient (Wildman–Crippen LogP) is 2.36. The second-order valence-corrected chi connectivity index (χ2v) is 5.49. The molecule has 1 fully saturated rings. The van der Waals surface area contributed by atoms with Gasteiger partial charge in [0.2, 0.25) is 0 Å². The van der Waals surface area contributed by atoms with Crippen molar-refractivity contribution >= 4 is 11.5 Å². The van der Waals surface area contributed by atoms with Crippen LogP contribution in [-0.2, 0) is 0 Å². The Morgan fingerprint density at radius 2 is 2.17 bits per heavy atom. The lowest BCUT2D eigenvalue weighted by molar-refractivity contribution is 0.414. The first-order chi connectivity index (χ1) is 8.90. The Morgan fingerprint density at radius 3 is 2.78 bits per heavy atom. The van der Waals surface area contributed by atoms with E-state index in [0.717, 1.165) is 4.88 Å². The maximum Gasteiger partial charge on any atom is 0.0837 e. The molecule has 0 aliphatic heterocycles. The van der Waals surface area contributed by atoms with Gasteiger partial charge in [-0.15, -0.1) is 5.10 Å². The summed E-state index contributed by atoms with van der Waals surface area (Å²) < 4.78 is 3.92. The zero-order valence-corrected chi connectivity index (χ0v) is 10.9. The Morgan fingerprint density at radius 1 is 1.33 bits per heavy atom. The summed E-state index contributed by atoms with van der Waals surface area (Å²) in [6, 6.07) is 8.55. The number of rotatable bonds is 4. The highest BCUT2D eigenvalue weighted by Crippen LogP contribution is 2.40. The summed E-state index contributed by atoms with van der Waals surface area (Å²) in [5.74, 6) is 6.42. The van der Waals surface area contributed by atoms with E-state index in [-0.39, 0.29) is 6.04 Å². The fourth-order valence-electron chi connectivity index (χ4n) is 2.49. The van der Waals surface area contributed by atoms with Crippen LogP contribution in [0.4, 0.5) is 0 Å². The van der Waals surface area contributed by atoms with E-state index in [4.69, 9.17) is 5.84 Å². The van der Waals surface area contributed by atoms with Crippen LogP contribution in [0.1, 0.15) is 47.2 Å². The number of nitrogens with two attached hydrogens (primary N) is 1. The molecule has 1 aliphatic carbocycles. The maximum atomic E-state index is 5.73. The molecular formula is C13H16N4S. The largest absolute Gasteiger partial charge is 0.271 e. The average Bonchev–Trinajstić information content (AvgIpc) is 2.84. The van der Waals surface area contributed by atoms with Gasteiger partial charge < -0.3 is 0 Å². The molecule has 0 spiro atoms. The van der Waals surface area contributed by atoms with Crippen molar-refractivity contribution in [2.45, 2.75) is 31.2 Å². The van der Waals surface area contributed by atoms with Crippen molar-refractivity contribution in [1.29, 1.82) is 0 Å². The second kappa shape index (κ2) is 5.14. The van der Waals surface area contributed by atoms with Crippen molar-refractivity contribution in [1.82, 2.24) is 15.0 Å². The monoisotopic (exact) mass is 260 g/mol. The summed E-state index contributed by atoms with van der Waals surface area (Å²) in [4.78, 5) is 1.06. The van der Waals surface area contributed by atoms with E-state index in [9.17, 15) is 0 Å². The highest BCUT2D eigenvalue weighted by Gasteiger charge is 2.25. The van der Waals surface area contributed by atoms with Gasteiger partial charge in [0.05, 0.1) is 17.1 Å². The zero-order chi connectivity index (χ0) is 12.4. The van der Waals surface area contributed by atoms with Gasteiger partial charge in [-0.1, -0.05) is 35.2 Å². The number of hydrogen-bond acceptors (Lipinski definition) is 5. The highest BCUT2D eigenvalue weighted by atomic mass is 32.1. The number of nitrogens with zero attached hydrogens (tertiary/aromatic N) is 2. The maximum absolute atomic E-state index is 5.73. The van der Waals surface area contributed by atoms with Gasteiger partial charge in [0, 0.05) is 0 Å². The van der Waals surface area contributed by atoms with Crippen molar-refractivity contribution in [3.8, 4) is 0 Å². The minimum Gasteiger partial charge on any atom is -0.271 e. The van der Waals surface area contributed by atoms with E-state index >= 15 is 0 Å². The number of hydrogen-bond donors (Lipinski definition) is 2. The van der Waals surface area contributed by atoms with Crippen molar-refractivity contribution in [2.75, 3.05) is 0 Å². The topological polar surface area (TPSA) is 63.8 Å². The Labute approximate surface area is 110 Å². The van der Waals surface area contributed by atoms with E-state index in [1.54, 1.807) is 6.20 Å². The van der Waals surface area contributed by atoms with E-state index in [2.05, 4.69) is 39.3 Å². The molecule has 1 aromatic carbocycles. The van der Waals surface area contributed by atoms with Crippen LogP contribution in [0.15, 0.2) is 30.5 Å². The molecule has 1 aromatic heterocycles. The van der Waals surface area contributed by atoms with Gasteiger partial charge in [0.25, 0.3) is 0 Å². The molecule has 1 saturated carbocycles. The van der Waals surface area contributed by atoms with Crippen LogP contribution < -0.4 is 11.3 Å². The third kappa shape index (κ3) is 2.05. The minimum absolute atomic E-state index is 0.00167. The molecule has 0 saturated heterocycles. The summed E-state index contributed by atoms with van der Waals surface area (Å²) in [6.45, 7) is 0. The van der Waals surface area contributed by atoms with Crippen LogP contribution in [0, 0.1) is 0 Å². The third-order valence-corrected chi connectivity index (χ3v) is 4.41. The molecule has 0 amide bonds. The lowest BCUT2D eigenvalue weighted by Crippen LogP contribution is -2.29. The van der Waals surface area contributed by atoms with E-state index in [1.807, 2.05) is 0 Å². The predicted molar refractivity (Wildman–Crippen MR) is 72.1 cm³/mol. The normalized spacial score (nSPS) is 17.4. The van der Waals surface area contributed by atoms with E-state index in [0.29, 0.717) is 5.92 Å². The molecule has 1 unspecified atom stereocenters. The van der Waals surface area contributed by atoms with Gasteiger partial charge in [-0.3, -0.25) is 5.84 Å². The lowest BCUT2D eigenvalue weighted by Gasteiger charge is -2.29. The van der Waals surface area contributed by atoms with Crippen LogP contribution in [0.25, 0.3) is 0 Å². The van der Waals surface area contributed by atoms with Crippen LogP contribution >= 0.6 is 11.5 Å². The number of aromatic nitrogens is 2. The molecule has 4 nitrogen and oxygen atoms in total. The van der Waals surface area contributed by atoms with Gasteiger partial charge in [-0.25, -0.2) is 5.43 Å². The Hall–Kier alpha value is -1.30. The summed E-state index contributed by atoms with van der Waals surface area (Å²) >= 11 is 1.39. The number of benzene rings is 1. The van der Waals surface area contributed by atoms with Crippen LogP contribution in [0.3, 0.4) is 0 Å². The van der Waals surface area contributed by atoms with Gasteiger partial charge >= 0.3 is 0 Å². The first kappa shape index (κ1) is 11.8. The lowest BCUT2D eigenvalue weighted by atomic mass is 9.77. The quantitative estimate of drug-likeness (QED) is 0.654. The Balaban J connectivity index is 1.99. The number of hydrazine groups is 1. The summed E-state index contributed by atoms with van der Waals surface area (Å²) in [6.07, 6.45) is 5.69. The smallest absolute Gasteiger partial charge is 0.0837 e. The highest BCUT2D eigenvalue weighted by molar-refractivity contribution is 7.05. The molecule has 94 valence electrons.